The van der Waals surface area contributed by atoms with Crippen molar-refractivity contribution in [2.45, 2.75) is 45.6 Å². The summed E-state index contributed by atoms with van der Waals surface area (Å²) in [7, 11) is 0. The Kier molecular flexibility index (Phi) is 9.40. The van der Waals surface area contributed by atoms with E-state index in [9.17, 15) is 9.59 Å². The van der Waals surface area contributed by atoms with E-state index >= 15 is 0 Å². The fourth-order valence-electron chi connectivity index (χ4n) is 4.85. The van der Waals surface area contributed by atoms with Gasteiger partial charge in [0.05, 0.1) is 18.7 Å². The van der Waals surface area contributed by atoms with Crippen molar-refractivity contribution < 1.29 is 14.3 Å². The van der Waals surface area contributed by atoms with Crippen LogP contribution in [0.5, 0.6) is 5.75 Å². The number of benzene rings is 2. The summed E-state index contributed by atoms with van der Waals surface area (Å²) in [6.45, 7) is 8.58. The molecule has 2 fully saturated rings. The zero-order valence-electron chi connectivity index (χ0n) is 21.5. The number of carbonyl (C=O) groups excluding carboxylic acids is 2. The number of carbonyl (C=O) groups is 2. The summed E-state index contributed by atoms with van der Waals surface area (Å²) < 4.78 is 5.47. The molecule has 0 aromatic heterocycles. The second-order valence-corrected chi connectivity index (χ2v) is 10.5. The molecule has 1 atom stereocenters. The lowest BCUT2D eigenvalue weighted by Gasteiger charge is -2.31. The molecule has 7 nitrogen and oxygen atoms in total. The molecule has 9 heteroatoms. The molecule has 4 rings (SSSR count). The fourth-order valence-corrected chi connectivity index (χ4v) is 5.39. The molecule has 1 N–H and O–H groups in total. The number of piperidine rings is 1. The van der Waals surface area contributed by atoms with Crippen molar-refractivity contribution in [3.63, 3.8) is 0 Å². The Hall–Kier alpha value is -2.68. The molecule has 0 saturated carbocycles. The number of ether oxygens (including phenoxy) is 1. The van der Waals surface area contributed by atoms with Crippen LogP contribution in [0.15, 0.2) is 48.5 Å². The average molecular weight is 543 g/mol. The minimum absolute atomic E-state index is 0.0114. The molecular weight excluding hydrogens is 508 g/mol. The third kappa shape index (κ3) is 7.00. The minimum Gasteiger partial charge on any atom is -0.494 e. The standard InChI is InChI=1S/C28H35ClN4O3S/c1-3-36-24-11-7-22(8-12-24)30-26(34)19-25-27(35)33(23-9-5-21(29)6-10-23)28(37)32(25)16-4-15-31-17-13-20(2)14-18-31/h5-12,20,25H,3-4,13-19H2,1-2H3,(H,30,34)/t25-/m1/s1. The number of thiocarbonyl (C=S) groups is 1. The molecule has 37 heavy (non-hydrogen) atoms. The van der Waals surface area contributed by atoms with Gasteiger partial charge in [0.2, 0.25) is 5.91 Å². The third-order valence-electron chi connectivity index (χ3n) is 6.98. The van der Waals surface area contributed by atoms with E-state index in [1.807, 2.05) is 24.0 Å². The maximum atomic E-state index is 13.6. The lowest BCUT2D eigenvalue weighted by atomic mass is 9.99. The van der Waals surface area contributed by atoms with Crippen LogP contribution in [0.3, 0.4) is 0 Å². The summed E-state index contributed by atoms with van der Waals surface area (Å²) in [5.74, 6) is 1.09. The number of hydrogen-bond donors (Lipinski definition) is 1. The molecule has 198 valence electrons. The summed E-state index contributed by atoms with van der Waals surface area (Å²) in [4.78, 5) is 32.5. The Morgan fingerprint density at radius 1 is 1.08 bits per heavy atom. The summed E-state index contributed by atoms with van der Waals surface area (Å²) in [5, 5.41) is 3.92. The van der Waals surface area contributed by atoms with Crippen LogP contribution < -0.4 is 15.0 Å². The quantitative estimate of drug-likeness (QED) is 0.417. The van der Waals surface area contributed by atoms with Gasteiger partial charge < -0.3 is 19.9 Å². The Balaban J connectivity index is 1.44. The lowest BCUT2D eigenvalue weighted by molar-refractivity contribution is -0.124. The number of amides is 2. The number of rotatable bonds is 10. The van der Waals surface area contributed by atoms with Crippen LogP contribution in [-0.2, 0) is 9.59 Å². The van der Waals surface area contributed by atoms with Gasteiger partial charge in [-0.05, 0) is 112 Å². The van der Waals surface area contributed by atoms with Crippen LogP contribution in [0, 0.1) is 5.92 Å². The molecule has 2 aliphatic rings. The minimum atomic E-state index is -0.660. The predicted molar refractivity (Wildman–Crippen MR) is 152 cm³/mol. The number of anilines is 2. The largest absolute Gasteiger partial charge is 0.494 e. The average Bonchev–Trinajstić information content (AvgIpc) is 3.11. The highest BCUT2D eigenvalue weighted by molar-refractivity contribution is 7.80. The van der Waals surface area contributed by atoms with Crippen molar-refractivity contribution in [3.05, 3.63) is 53.6 Å². The van der Waals surface area contributed by atoms with Gasteiger partial charge in [-0.15, -0.1) is 0 Å². The Morgan fingerprint density at radius 3 is 2.41 bits per heavy atom. The highest BCUT2D eigenvalue weighted by Gasteiger charge is 2.43. The van der Waals surface area contributed by atoms with Gasteiger partial charge in [-0.1, -0.05) is 18.5 Å². The first-order chi connectivity index (χ1) is 17.9. The number of nitrogens with zero attached hydrogens (tertiary/aromatic N) is 3. The molecular formula is C28H35ClN4O3S. The van der Waals surface area contributed by atoms with Crippen molar-refractivity contribution >= 4 is 52.1 Å². The maximum Gasteiger partial charge on any atom is 0.256 e. The zero-order chi connectivity index (χ0) is 26.4. The first-order valence-electron chi connectivity index (χ1n) is 13.0. The molecule has 2 saturated heterocycles. The molecule has 2 aromatic carbocycles. The maximum absolute atomic E-state index is 13.6. The van der Waals surface area contributed by atoms with Crippen LogP contribution in [0.1, 0.15) is 39.5 Å². The Morgan fingerprint density at radius 2 is 1.76 bits per heavy atom. The molecule has 2 heterocycles. The highest BCUT2D eigenvalue weighted by Crippen LogP contribution is 2.29. The predicted octanol–water partition coefficient (Wildman–Crippen LogP) is 5.19. The van der Waals surface area contributed by atoms with Crippen LogP contribution in [-0.4, -0.2) is 65.6 Å². The Bertz CT molecular complexity index is 1090. The first-order valence-corrected chi connectivity index (χ1v) is 13.8. The van der Waals surface area contributed by atoms with Gasteiger partial charge in [0.1, 0.15) is 11.8 Å². The van der Waals surface area contributed by atoms with Gasteiger partial charge in [-0.3, -0.25) is 14.5 Å². The monoisotopic (exact) mass is 542 g/mol. The van der Waals surface area contributed by atoms with Crippen molar-refractivity contribution in [3.8, 4) is 5.75 Å². The van der Waals surface area contributed by atoms with E-state index in [1.165, 1.54) is 17.7 Å². The molecule has 2 aliphatic heterocycles. The number of likely N-dealkylation sites (tertiary alicyclic amines) is 1. The van der Waals surface area contributed by atoms with E-state index in [4.69, 9.17) is 28.6 Å². The first kappa shape index (κ1) is 27.4. The second kappa shape index (κ2) is 12.7. The van der Waals surface area contributed by atoms with E-state index < -0.39 is 6.04 Å². The lowest BCUT2D eigenvalue weighted by Crippen LogP contribution is -2.40. The topological polar surface area (TPSA) is 65.1 Å². The van der Waals surface area contributed by atoms with Gasteiger partial charge in [0.15, 0.2) is 5.11 Å². The molecule has 2 amide bonds. The number of hydrogen-bond acceptors (Lipinski definition) is 5. The molecule has 2 aromatic rings. The van der Waals surface area contributed by atoms with Crippen molar-refractivity contribution in [2.75, 3.05) is 43.0 Å². The van der Waals surface area contributed by atoms with Crippen LogP contribution in [0.25, 0.3) is 0 Å². The molecule has 0 unspecified atom stereocenters. The number of halogens is 1. The molecule has 0 radical (unpaired) electrons. The summed E-state index contributed by atoms with van der Waals surface area (Å²) in [6.07, 6.45) is 3.32. The van der Waals surface area contributed by atoms with Crippen molar-refractivity contribution in [1.82, 2.24) is 9.80 Å². The number of nitrogens with one attached hydrogen (secondary N) is 1. The van der Waals surface area contributed by atoms with Crippen LogP contribution in [0.2, 0.25) is 5.02 Å². The smallest absolute Gasteiger partial charge is 0.256 e. The third-order valence-corrected chi connectivity index (χ3v) is 7.65. The van der Waals surface area contributed by atoms with Gasteiger partial charge in [0.25, 0.3) is 5.91 Å². The van der Waals surface area contributed by atoms with E-state index in [0.29, 0.717) is 34.7 Å². The molecule has 0 aliphatic carbocycles. The highest BCUT2D eigenvalue weighted by atomic mass is 35.5. The van der Waals surface area contributed by atoms with E-state index in [0.717, 1.165) is 37.7 Å². The molecule has 0 spiro atoms. The summed E-state index contributed by atoms with van der Waals surface area (Å²) in [6, 6.07) is 13.6. The van der Waals surface area contributed by atoms with E-state index in [1.54, 1.807) is 36.4 Å². The van der Waals surface area contributed by atoms with E-state index in [-0.39, 0.29) is 18.2 Å². The van der Waals surface area contributed by atoms with Gasteiger partial charge >= 0.3 is 0 Å². The van der Waals surface area contributed by atoms with Gasteiger partial charge in [-0.2, -0.15) is 0 Å². The zero-order valence-corrected chi connectivity index (χ0v) is 23.1. The molecule has 0 bridgehead atoms. The fraction of sp³-hybridized carbons (Fsp3) is 0.464. The SMILES string of the molecule is CCOc1ccc(NC(=O)C[C@@H]2C(=O)N(c3ccc(Cl)cc3)C(=S)N2CCCN2CCC(C)CC2)cc1. The van der Waals surface area contributed by atoms with Crippen molar-refractivity contribution in [1.29, 1.82) is 0 Å². The van der Waals surface area contributed by atoms with Gasteiger partial charge in [-0.25, -0.2) is 0 Å². The van der Waals surface area contributed by atoms with Gasteiger partial charge in [0, 0.05) is 17.3 Å². The summed E-state index contributed by atoms with van der Waals surface area (Å²) in [5.41, 5.74) is 1.31. The Labute approximate surface area is 229 Å². The van der Waals surface area contributed by atoms with E-state index in [2.05, 4.69) is 17.1 Å². The normalized spacial score (nSPS) is 18.9. The van der Waals surface area contributed by atoms with Crippen molar-refractivity contribution in [2.24, 2.45) is 5.92 Å². The summed E-state index contributed by atoms with van der Waals surface area (Å²) >= 11 is 11.8. The van der Waals surface area contributed by atoms with Crippen LogP contribution in [0.4, 0.5) is 11.4 Å². The second-order valence-electron chi connectivity index (χ2n) is 9.73. The van der Waals surface area contributed by atoms with Crippen LogP contribution >= 0.6 is 23.8 Å².